The average molecular weight is 278 g/mol. The number of aromatic nitrogens is 1. The van der Waals surface area contributed by atoms with Gasteiger partial charge in [-0.3, -0.25) is 9.69 Å². The van der Waals surface area contributed by atoms with Crippen LogP contribution < -0.4 is 10.6 Å². The fourth-order valence-corrected chi connectivity index (χ4v) is 2.40. The van der Waals surface area contributed by atoms with Gasteiger partial charge >= 0.3 is 0 Å². The highest BCUT2D eigenvalue weighted by Crippen LogP contribution is 2.13. The predicted octanol–water partition coefficient (Wildman–Crippen LogP) is 0.337. The number of amides is 1. The Bertz CT molecular complexity index is 460. The van der Waals surface area contributed by atoms with Crippen molar-refractivity contribution in [3.05, 3.63) is 23.9 Å². The second kappa shape index (κ2) is 6.67. The lowest BCUT2D eigenvalue weighted by atomic mass is 10.2. The third kappa shape index (κ3) is 3.68. The summed E-state index contributed by atoms with van der Waals surface area (Å²) in [4.78, 5) is 19.9. The molecule has 0 radical (unpaired) electrons. The summed E-state index contributed by atoms with van der Waals surface area (Å²) in [5.41, 5.74) is 5.78. The summed E-state index contributed by atoms with van der Waals surface area (Å²) in [6.07, 6.45) is 1.62. The van der Waals surface area contributed by atoms with Crippen molar-refractivity contribution in [2.75, 3.05) is 44.8 Å². The normalized spacial score (nSPS) is 17.7. The first-order valence-corrected chi connectivity index (χ1v) is 6.86. The molecule has 0 aliphatic carbocycles. The minimum atomic E-state index is -0.428. The van der Waals surface area contributed by atoms with E-state index in [0.717, 1.165) is 38.7 Å². The number of rotatable bonds is 5. The largest absolute Gasteiger partial charge is 0.379 e. The zero-order chi connectivity index (χ0) is 14.5. The van der Waals surface area contributed by atoms with E-state index < -0.39 is 5.91 Å². The van der Waals surface area contributed by atoms with E-state index >= 15 is 0 Å². The standard InChI is InChI=1S/C14H22N4O2/c1-11(18-5-7-20-8-6-18)10-17(2)13-9-12(14(15)19)3-4-16-13/h3-4,9,11H,5-8,10H2,1-2H3,(H2,15,19)/t11-/m1/s1. The number of ether oxygens (including phenoxy) is 1. The van der Waals surface area contributed by atoms with Gasteiger partial charge in [0.15, 0.2) is 0 Å². The first-order chi connectivity index (χ1) is 9.58. The van der Waals surface area contributed by atoms with Gasteiger partial charge in [-0.2, -0.15) is 0 Å². The van der Waals surface area contributed by atoms with Gasteiger partial charge in [-0.05, 0) is 19.1 Å². The molecule has 0 bridgehead atoms. The molecule has 2 rings (SSSR count). The van der Waals surface area contributed by atoms with Crippen LogP contribution in [0.25, 0.3) is 0 Å². The first kappa shape index (κ1) is 14.7. The molecule has 110 valence electrons. The van der Waals surface area contributed by atoms with Crippen molar-refractivity contribution < 1.29 is 9.53 Å². The Morgan fingerprint density at radius 1 is 1.55 bits per heavy atom. The van der Waals surface area contributed by atoms with Crippen molar-refractivity contribution in [2.45, 2.75) is 13.0 Å². The Kier molecular flexibility index (Phi) is 4.92. The van der Waals surface area contributed by atoms with Crippen LogP contribution in [-0.2, 0) is 4.74 Å². The second-order valence-electron chi connectivity index (χ2n) is 5.14. The number of pyridine rings is 1. The first-order valence-electron chi connectivity index (χ1n) is 6.86. The summed E-state index contributed by atoms with van der Waals surface area (Å²) < 4.78 is 5.36. The Labute approximate surface area is 119 Å². The molecule has 6 nitrogen and oxygen atoms in total. The summed E-state index contributed by atoms with van der Waals surface area (Å²) in [5.74, 6) is 0.338. The molecule has 20 heavy (non-hydrogen) atoms. The smallest absolute Gasteiger partial charge is 0.248 e. The molecule has 0 aromatic carbocycles. The Hall–Kier alpha value is -1.66. The topological polar surface area (TPSA) is 71.7 Å². The van der Waals surface area contributed by atoms with E-state index in [1.54, 1.807) is 18.3 Å². The van der Waals surface area contributed by atoms with Gasteiger partial charge in [0.2, 0.25) is 5.91 Å². The highest BCUT2D eigenvalue weighted by molar-refractivity contribution is 5.93. The molecule has 1 aromatic rings. The lowest BCUT2D eigenvalue weighted by Gasteiger charge is -2.34. The monoisotopic (exact) mass is 278 g/mol. The summed E-state index contributed by atoms with van der Waals surface area (Å²) in [5, 5.41) is 0. The second-order valence-corrected chi connectivity index (χ2v) is 5.14. The number of nitrogens with two attached hydrogens (primary N) is 1. The predicted molar refractivity (Wildman–Crippen MR) is 77.9 cm³/mol. The van der Waals surface area contributed by atoms with Crippen LogP contribution in [0.3, 0.4) is 0 Å². The van der Waals surface area contributed by atoms with Crippen LogP contribution in [0, 0.1) is 0 Å². The molecule has 1 saturated heterocycles. The lowest BCUT2D eigenvalue weighted by molar-refractivity contribution is 0.0218. The molecular formula is C14H22N4O2. The van der Waals surface area contributed by atoms with Crippen molar-refractivity contribution in [2.24, 2.45) is 5.73 Å². The minimum absolute atomic E-state index is 0.405. The van der Waals surface area contributed by atoms with Crippen LogP contribution in [0.4, 0.5) is 5.82 Å². The van der Waals surface area contributed by atoms with Crippen molar-refractivity contribution in [1.29, 1.82) is 0 Å². The van der Waals surface area contributed by atoms with Gasteiger partial charge in [0.1, 0.15) is 5.82 Å². The number of primary amides is 1. The Balaban J connectivity index is 1.98. The highest BCUT2D eigenvalue weighted by Gasteiger charge is 2.19. The van der Waals surface area contributed by atoms with Gasteiger partial charge in [0.25, 0.3) is 0 Å². The molecule has 2 N–H and O–H groups in total. The van der Waals surface area contributed by atoms with Crippen molar-refractivity contribution >= 4 is 11.7 Å². The molecule has 0 saturated carbocycles. The molecule has 6 heteroatoms. The van der Waals surface area contributed by atoms with Gasteiger partial charge in [-0.15, -0.1) is 0 Å². The number of carbonyl (C=O) groups excluding carboxylic acids is 1. The van der Waals surface area contributed by atoms with Gasteiger partial charge < -0.3 is 15.4 Å². The molecule has 0 spiro atoms. The molecule has 1 aromatic heterocycles. The number of likely N-dealkylation sites (N-methyl/N-ethyl adjacent to an activating group) is 1. The number of carbonyl (C=O) groups is 1. The minimum Gasteiger partial charge on any atom is -0.379 e. The van der Waals surface area contributed by atoms with Crippen LogP contribution in [0.15, 0.2) is 18.3 Å². The maximum absolute atomic E-state index is 11.2. The van der Waals surface area contributed by atoms with E-state index in [-0.39, 0.29) is 0 Å². The average Bonchev–Trinajstić information content (AvgIpc) is 2.48. The Morgan fingerprint density at radius 3 is 2.90 bits per heavy atom. The third-order valence-corrected chi connectivity index (χ3v) is 3.63. The highest BCUT2D eigenvalue weighted by atomic mass is 16.5. The molecular weight excluding hydrogens is 256 g/mol. The number of morpholine rings is 1. The van der Waals surface area contributed by atoms with Gasteiger partial charge in [0, 0.05) is 44.5 Å². The molecule has 1 aliphatic rings. The van der Waals surface area contributed by atoms with Gasteiger partial charge in [-0.1, -0.05) is 0 Å². The van der Waals surface area contributed by atoms with Gasteiger partial charge in [0.05, 0.1) is 13.2 Å². The summed E-state index contributed by atoms with van der Waals surface area (Å²) in [6.45, 7) is 6.55. The maximum Gasteiger partial charge on any atom is 0.248 e. The SMILES string of the molecule is C[C@H](CN(C)c1cc(C(N)=O)ccn1)N1CCOCC1. The maximum atomic E-state index is 11.2. The van der Waals surface area contributed by atoms with Crippen molar-refractivity contribution in [1.82, 2.24) is 9.88 Å². The molecule has 1 amide bonds. The molecule has 1 fully saturated rings. The fourth-order valence-electron chi connectivity index (χ4n) is 2.40. The molecule has 1 aliphatic heterocycles. The van der Waals surface area contributed by atoms with E-state index in [1.165, 1.54) is 0 Å². The quantitative estimate of drug-likeness (QED) is 0.841. The molecule has 1 atom stereocenters. The summed E-state index contributed by atoms with van der Waals surface area (Å²) in [7, 11) is 1.98. The number of anilines is 1. The van der Waals surface area contributed by atoms with E-state index in [4.69, 9.17) is 10.5 Å². The summed E-state index contributed by atoms with van der Waals surface area (Å²) in [6, 6.07) is 3.77. The Morgan fingerprint density at radius 2 is 2.25 bits per heavy atom. The van der Waals surface area contributed by atoms with Crippen molar-refractivity contribution in [3.8, 4) is 0 Å². The lowest BCUT2D eigenvalue weighted by Crippen LogP contribution is -2.46. The van der Waals surface area contributed by atoms with Crippen LogP contribution >= 0.6 is 0 Å². The van der Waals surface area contributed by atoms with Crippen LogP contribution in [0.2, 0.25) is 0 Å². The zero-order valence-corrected chi connectivity index (χ0v) is 12.1. The van der Waals surface area contributed by atoms with E-state index in [1.807, 2.05) is 11.9 Å². The zero-order valence-electron chi connectivity index (χ0n) is 12.1. The molecule has 2 heterocycles. The van der Waals surface area contributed by atoms with Gasteiger partial charge in [-0.25, -0.2) is 4.98 Å². The number of hydrogen-bond donors (Lipinski definition) is 1. The van der Waals surface area contributed by atoms with Crippen LogP contribution in [-0.4, -0.2) is 61.7 Å². The third-order valence-electron chi connectivity index (χ3n) is 3.63. The van der Waals surface area contributed by atoms with Crippen LogP contribution in [0.5, 0.6) is 0 Å². The fraction of sp³-hybridized carbons (Fsp3) is 0.571. The van der Waals surface area contributed by atoms with E-state index in [2.05, 4.69) is 16.8 Å². The van der Waals surface area contributed by atoms with E-state index in [9.17, 15) is 4.79 Å². The summed E-state index contributed by atoms with van der Waals surface area (Å²) >= 11 is 0. The molecule has 0 unspecified atom stereocenters. The number of hydrogen-bond acceptors (Lipinski definition) is 5. The van der Waals surface area contributed by atoms with Crippen molar-refractivity contribution in [3.63, 3.8) is 0 Å². The number of nitrogens with zero attached hydrogens (tertiary/aromatic N) is 3. The van der Waals surface area contributed by atoms with Crippen LogP contribution in [0.1, 0.15) is 17.3 Å². The van der Waals surface area contributed by atoms with E-state index in [0.29, 0.717) is 11.6 Å².